The second-order valence-corrected chi connectivity index (χ2v) is 0.247. The van der Waals surface area contributed by atoms with Gasteiger partial charge in [0.05, 0.1) is 0 Å². The summed E-state index contributed by atoms with van der Waals surface area (Å²) in [6.07, 6.45) is 0. The molecule has 0 spiro atoms. The van der Waals surface area contributed by atoms with E-state index in [0.717, 1.165) is 0 Å². The van der Waals surface area contributed by atoms with Crippen molar-refractivity contribution in [2.24, 2.45) is 0 Å². The molecule has 0 N–H and O–H groups in total. The fourth-order valence-corrected chi connectivity index (χ4v) is 0. The van der Waals surface area contributed by atoms with Crippen molar-refractivity contribution in [2.75, 3.05) is 0 Å². The van der Waals surface area contributed by atoms with Gasteiger partial charge in [0.1, 0.15) is 0 Å². The summed E-state index contributed by atoms with van der Waals surface area (Å²) in [7, 11) is -3.67. The molecule has 0 saturated heterocycles. The second-order valence-electron chi connectivity index (χ2n) is 0.247. The van der Waals surface area contributed by atoms with Gasteiger partial charge in [0.2, 0.25) is 0 Å². The van der Waals surface area contributed by atoms with Crippen LogP contribution in [-0.4, -0.2) is 30.6 Å². The Kier molecular flexibility index (Phi) is 8.46. The van der Waals surface area contributed by atoms with Crippen LogP contribution < -0.4 is 0 Å². The Morgan fingerprint density at radius 3 is 1.20 bits per heavy atom. The predicted octanol–water partition coefficient (Wildman–Crippen LogP) is 0.724. The summed E-state index contributed by atoms with van der Waals surface area (Å²) in [5.74, 6) is 0. The molecule has 0 aliphatic heterocycles. The Hall–Kier alpha value is 0.621. The third-order valence-corrected chi connectivity index (χ3v) is 0. The van der Waals surface area contributed by atoms with E-state index < -0.39 is 7.54 Å². The molecule has 0 aromatic carbocycles. The van der Waals surface area contributed by atoms with Crippen LogP contribution in [0.3, 0.4) is 0 Å². The van der Waals surface area contributed by atoms with Crippen molar-refractivity contribution in [3.8, 4) is 0 Å². The quantitative estimate of drug-likeness (QED) is 0.388. The van der Waals surface area contributed by atoms with Gasteiger partial charge in [0, 0.05) is 0 Å². The van der Waals surface area contributed by atoms with Crippen LogP contribution in [0, 0.1) is 0 Å². The van der Waals surface area contributed by atoms with E-state index in [4.69, 9.17) is 0 Å². The van der Waals surface area contributed by atoms with Crippen LogP contribution in [0.25, 0.3) is 0 Å². The van der Waals surface area contributed by atoms with E-state index in [-0.39, 0.29) is 25.9 Å². The normalized spacial score (nSPS) is 5.40. The second kappa shape index (κ2) is 4.62. The molecule has 0 heterocycles. The van der Waals surface area contributed by atoms with Gasteiger partial charge in [0.15, 0.2) is 0 Å². The molecule has 0 atom stereocenters. The summed E-state index contributed by atoms with van der Waals surface area (Å²) in [4.78, 5) is 0. The molecule has 5 heavy (non-hydrogen) atoms. The van der Waals surface area contributed by atoms with Gasteiger partial charge in [-0.1, -0.05) is 0 Å². The smallest absolute Gasteiger partial charge is 1.00 e. The van der Waals surface area contributed by atoms with Gasteiger partial charge in [-0.3, -0.25) is 12.9 Å². The van der Waals surface area contributed by atoms with E-state index in [1.165, 1.54) is 0 Å². The van der Waals surface area contributed by atoms with E-state index in [1.807, 2.05) is 0 Å². The van der Waals surface area contributed by atoms with Crippen LogP contribution in [0.4, 0.5) is 12.9 Å². The molecule has 0 aliphatic rings. The molecule has 0 fully saturated rings. The van der Waals surface area contributed by atoms with E-state index in [9.17, 15) is 12.9 Å². The molecule has 0 aliphatic carbocycles. The van der Waals surface area contributed by atoms with Crippen molar-refractivity contribution in [1.82, 2.24) is 0 Å². The van der Waals surface area contributed by atoms with Crippen LogP contribution in [0.5, 0.6) is 0 Å². The molecule has 0 bridgehead atoms. The Morgan fingerprint density at radius 2 is 1.20 bits per heavy atom. The molecule has 28 valence electrons. The van der Waals surface area contributed by atoms with Crippen LogP contribution in [0.15, 0.2) is 0 Å². The van der Waals surface area contributed by atoms with E-state index in [1.54, 1.807) is 0 Å². The first kappa shape index (κ1) is 9.15. The summed E-state index contributed by atoms with van der Waals surface area (Å²) < 4.78 is 29.0. The number of rotatable bonds is 0. The molecular formula is H2BF3Mg. The van der Waals surface area contributed by atoms with Gasteiger partial charge < -0.3 is 2.85 Å². The van der Waals surface area contributed by atoms with Crippen molar-refractivity contribution >= 4 is 30.6 Å². The summed E-state index contributed by atoms with van der Waals surface area (Å²) in [6, 6.07) is 0. The standard InChI is InChI=1S/BF3.Mg.2H/c2-1(3)4;;;/q;+2;2*-1. The monoisotopic (exact) mass is 94.0 g/mol. The minimum Gasteiger partial charge on any atom is -1.00 e. The first-order valence-electron chi connectivity index (χ1n) is 0.655. The zero-order valence-corrected chi connectivity index (χ0v) is 3.83. The fraction of sp³-hybridized carbons (Fsp3) is 0. The largest absolute Gasteiger partial charge is 2.00 e. The van der Waals surface area contributed by atoms with Crippen LogP contribution >= 0.6 is 0 Å². The average molecular weight is 94.1 g/mol. The topological polar surface area (TPSA) is 0 Å². The van der Waals surface area contributed by atoms with Crippen molar-refractivity contribution in [3.05, 3.63) is 0 Å². The van der Waals surface area contributed by atoms with Crippen molar-refractivity contribution < 1.29 is 15.8 Å². The molecule has 0 amide bonds. The molecule has 0 aromatic rings. The van der Waals surface area contributed by atoms with Crippen molar-refractivity contribution in [3.63, 3.8) is 0 Å². The maximum absolute atomic E-state index is 9.67. The molecule has 0 radical (unpaired) electrons. The number of hydrogen-bond donors (Lipinski definition) is 0. The maximum atomic E-state index is 9.67. The maximum Gasteiger partial charge on any atom is 2.00 e. The van der Waals surface area contributed by atoms with Gasteiger partial charge in [0.25, 0.3) is 0 Å². The Labute approximate surface area is 47.1 Å². The fourth-order valence-electron chi connectivity index (χ4n) is 0. The van der Waals surface area contributed by atoms with Gasteiger partial charge in [-0.2, -0.15) is 0 Å². The van der Waals surface area contributed by atoms with E-state index in [2.05, 4.69) is 0 Å². The van der Waals surface area contributed by atoms with Crippen LogP contribution in [-0.2, 0) is 0 Å². The van der Waals surface area contributed by atoms with Gasteiger partial charge in [-0.25, -0.2) is 0 Å². The Balaban J connectivity index is -0.0000000150. The minimum atomic E-state index is -3.67. The number of hydrogen-bond acceptors (Lipinski definition) is 0. The summed E-state index contributed by atoms with van der Waals surface area (Å²) in [5, 5.41) is 0. The Bertz CT molecular complexity index is 17.7. The minimum absolute atomic E-state index is 0. The zero-order valence-electron chi connectivity index (χ0n) is 4.42. The summed E-state index contributed by atoms with van der Waals surface area (Å²) in [6.45, 7) is 0. The summed E-state index contributed by atoms with van der Waals surface area (Å²) in [5.41, 5.74) is 0. The van der Waals surface area contributed by atoms with Gasteiger partial charge >= 0.3 is 30.6 Å². The van der Waals surface area contributed by atoms with E-state index in [0.29, 0.717) is 0 Å². The van der Waals surface area contributed by atoms with Gasteiger partial charge in [-0.05, 0) is 0 Å². The first-order chi connectivity index (χ1) is 1.73. The third kappa shape index (κ3) is 82.3. The molecule has 0 nitrogen and oxygen atoms in total. The van der Waals surface area contributed by atoms with E-state index >= 15 is 0 Å². The van der Waals surface area contributed by atoms with Crippen molar-refractivity contribution in [2.45, 2.75) is 0 Å². The first-order valence-corrected chi connectivity index (χ1v) is 0.655. The molecule has 0 saturated carbocycles. The zero-order chi connectivity index (χ0) is 3.58. The molecule has 5 heteroatoms. The summed E-state index contributed by atoms with van der Waals surface area (Å²) >= 11 is 0. The van der Waals surface area contributed by atoms with Gasteiger partial charge in [-0.15, -0.1) is 0 Å². The van der Waals surface area contributed by atoms with Crippen LogP contribution in [0.2, 0.25) is 0 Å². The Morgan fingerprint density at radius 1 is 1.20 bits per heavy atom. The predicted molar refractivity (Wildman–Crippen MR) is 17.1 cm³/mol. The molecule has 0 unspecified atom stereocenters. The molecular weight excluding hydrogens is 92.1 g/mol. The average Bonchev–Trinajstić information content (AvgIpc) is 0.811. The third-order valence-electron chi connectivity index (χ3n) is 0. The van der Waals surface area contributed by atoms with Crippen LogP contribution in [0.1, 0.15) is 2.85 Å². The molecule has 0 rings (SSSR count). The van der Waals surface area contributed by atoms with Crippen molar-refractivity contribution in [1.29, 1.82) is 0 Å². The molecule has 0 aromatic heterocycles. The number of halogens is 3. The SMILES string of the molecule is FB(F)F.[H-].[H-].[Mg+2].